The van der Waals surface area contributed by atoms with E-state index in [0.717, 1.165) is 32.7 Å². The van der Waals surface area contributed by atoms with Crippen molar-refractivity contribution in [1.82, 2.24) is 15.1 Å². The molecule has 0 aromatic heterocycles. The molecule has 5 heteroatoms. The summed E-state index contributed by atoms with van der Waals surface area (Å²) >= 11 is 0. The Labute approximate surface area is 113 Å². The molecule has 19 heavy (non-hydrogen) atoms. The van der Waals surface area contributed by atoms with Gasteiger partial charge < -0.3 is 15.3 Å². The Kier molecular flexibility index (Phi) is 4.76. The average molecular weight is 263 g/mol. The van der Waals surface area contributed by atoms with E-state index in [9.17, 15) is 9.90 Å². The number of benzene rings is 1. The number of phenolic OH excluding ortho intramolecular Hbond substituents is 1. The van der Waals surface area contributed by atoms with Crippen molar-refractivity contribution in [3.8, 4) is 5.75 Å². The molecule has 1 aliphatic rings. The second-order valence-corrected chi connectivity index (χ2v) is 4.84. The van der Waals surface area contributed by atoms with Crippen LogP contribution in [0.25, 0.3) is 0 Å². The first-order valence-corrected chi connectivity index (χ1v) is 6.65. The van der Waals surface area contributed by atoms with Crippen molar-refractivity contribution in [3.05, 3.63) is 29.8 Å². The Bertz CT molecular complexity index is 430. The molecule has 0 aliphatic carbocycles. The Morgan fingerprint density at radius 2 is 2.05 bits per heavy atom. The van der Waals surface area contributed by atoms with Gasteiger partial charge in [0, 0.05) is 46.3 Å². The van der Waals surface area contributed by atoms with Gasteiger partial charge in [-0.2, -0.15) is 0 Å². The van der Waals surface area contributed by atoms with E-state index in [0.29, 0.717) is 12.1 Å². The molecule has 104 valence electrons. The zero-order valence-corrected chi connectivity index (χ0v) is 11.3. The minimum absolute atomic E-state index is 0.0431. The number of phenols is 1. The van der Waals surface area contributed by atoms with E-state index in [4.69, 9.17) is 0 Å². The zero-order chi connectivity index (χ0) is 13.7. The van der Waals surface area contributed by atoms with E-state index in [1.807, 2.05) is 0 Å². The molecule has 2 N–H and O–H groups in total. The third-order valence-corrected chi connectivity index (χ3v) is 3.44. The number of nitrogens with one attached hydrogen (secondary N) is 1. The summed E-state index contributed by atoms with van der Waals surface area (Å²) in [5.74, 6) is -0.0882. The molecule has 1 heterocycles. The monoisotopic (exact) mass is 263 g/mol. The molecular weight excluding hydrogens is 242 g/mol. The molecule has 0 saturated carbocycles. The highest BCUT2D eigenvalue weighted by molar-refractivity contribution is 5.96. The maximum Gasteiger partial charge on any atom is 0.257 e. The second kappa shape index (κ2) is 6.54. The number of rotatable bonds is 4. The van der Waals surface area contributed by atoms with Crippen LogP contribution in [0.4, 0.5) is 0 Å². The molecule has 1 fully saturated rings. The van der Waals surface area contributed by atoms with Gasteiger partial charge in [0.15, 0.2) is 0 Å². The van der Waals surface area contributed by atoms with Crippen LogP contribution < -0.4 is 5.32 Å². The van der Waals surface area contributed by atoms with Gasteiger partial charge in [0.25, 0.3) is 5.91 Å². The molecule has 0 unspecified atom stereocenters. The van der Waals surface area contributed by atoms with Crippen molar-refractivity contribution in [2.24, 2.45) is 0 Å². The van der Waals surface area contributed by atoms with Crippen molar-refractivity contribution in [2.75, 3.05) is 46.3 Å². The molecule has 1 saturated heterocycles. The number of likely N-dealkylation sites (N-methyl/N-ethyl adjacent to an activating group) is 1. The van der Waals surface area contributed by atoms with Crippen LogP contribution in [0, 0.1) is 0 Å². The molecule has 1 amide bonds. The highest BCUT2D eigenvalue weighted by atomic mass is 16.3. The molecule has 1 aromatic carbocycles. The van der Waals surface area contributed by atoms with Crippen LogP contribution in [0.15, 0.2) is 24.3 Å². The predicted octanol–water partition coefficient (Wildman–Crippen LogP) is 0.369. The summed E-state index contributed by atoms with van der Waals surface area (Å²) in [5.41, 5.74) is 0.366. The van der Waals surface area contributed by atoms with E-state index in [1.54, 1.807) is 30.1 Å². The third-order valence-electron chi connectivity index (χ3n) is 3.44. The number of nitrogens with zero attached hydrogens (tertiary/aromatic N) is 2. The van der Waals surface area contributed by atoms with Gasteiger partial charge in [-0.3, -0.25) is 9.69 Å². The zero-order valence-electron chi connectivity index (χ0n) is 11.3. The minimum Gasteiger partial charge on any atom is -0.507 e. The molecular formula is C14H21N3O2. The fourth-order valence-corrected chi connectivity index (χ4v) is 2.19. The van der Waals surface area contributed by atoms with Gasteiger partial charge in [0.05, 0.1) is 5.56 Å². The van der Waals surface area contributed by atoms with Crippen LogP contribution in [0.5, 0.6) is 5.75 Å². The second-order valence-electron chi connectivity index (χ2n) is 4.84. The highest BCUT2D eigenvalue weighted by Crippen LogP contribution is 2.17. The van der Waals surface area contributed by atoms with Crippen LogP contribution in [-0.4, -0.2) is 67.1 Å². The lowest BCUT2D eigenvalue weighted by molar-refractivity contribution is 0.0772. The number of carbonyl (C=O) groups excluding carboxylic acids is 1. The summed E-state index contributed by atoms with van der Waals surface area (Å²) in [5, 5.41) is 13.0. The molecule has 1 aliphatic heterocycles. The van der Waals surface area contributed by atoms with E-state index >= 15 is 0 Å². The van der Waals surface area contributed by atoms with Gasteiger partial charge in [-0.05, 0) is 12.1 Å². The Morgan fingerprint density at radius 1 is 1.37 bits per heavy atom. The van der Waals surface area contributed by atoms with Gasteiger partial charge in [-0.15, -0.1) is 0 Å². The van der Waals surface area contributed by atoms with Gasteiger partial charge in [-0.25, -0.2) is 0 Å². The third kappa shape index (κ3) is 3.68. The van der Waals surface area contributed by atoms with E-state index < -0.39 is 0 Å². The average Bonchev–Trinajstić information content (AvgIpc) is 2.45. The van der Waals surface area contributed by atoms with Gasteiger partial charge in [0.2, 0.25) is 0 Å². The fourth-order valence-electron chi connectivity index (χ4n) is 2.19. The first-order chi connectivity index (χ1) is 9.18. The Hall–Kier alpha value is -1.59. The molecule has 5 nitrogen and oxygen atoms in total. The van der Waals surface area contributed by atoms with Crippen LogP contribution in [0.2, 0.25) is 0 Å². The van der Waals surface area contributed by atoms with E-state index in [1.165, 1.54) is 6.07 Å². The number of hydrogen-bond acceptors (Lipinski definition) is 4. The Morgan fingerprint density at radius 3 is 2.74 bits per heavy atom. The summed E-state index contributed by atoms with van der Waals surface area (Å²) in [6, 6.07) is 6.67. The highest BCUT2D eigenvalue weighted by Gasteiger charge is 2.16. The number of para-hydroxylation sites is 1. The normalized spacial score (nSPS) is 16.3. The molecule has 0 spiro atoms. The fraction of sp³-hybridized carbons (Fsp3) is 0.500. The standard InChI is InChI=1S/C14H21N3O2/c1-16(10-11-17-8-6-15-7-9-17)14(19)12-4-2-3-5-13(12)18/h2-5,15,18H,6-11H2,1H3. The largest absolute Gasteiger partial charge is 0.507 e. The van der Waals surface area contributed by atoms with Gasteiger partial charge in [-0.1, -0.05) is 12.1 Å². The van der Waals surface area contributed by atoms with Crippen LogP contribution in [0.3, 0.4) is 0 Å². The van der Waals surface area contributed by atoms with Gasteiger partial charge in [0.1, 0.15) is 5.75 Å². The lowest BCUT2D eigenvalue weighted by Gasteiger charge is -2.29. The molecule has 0 radical (unpaired) electrons. The summed E-state index contributed by atoms with van der Waals surface area (Å²) in [6.45, 7) is 5.62. The lowest BCUT2D eigenvalue weighted by atomic mass is 10.2. The number of carbonyl (C=O) groups is 1. The molecule has 0 bridgehead atoms. The first kappa shape index (κ1) is 13.8. The maximum absolute atomic E-state index is 12.2. The van der Waals surface area contributed by atoms with Crippen molar-refractivity contribution in [1.29, 1.82) is 0 Å². The van der Waals surface area contributed by atoms with E-state index in [2.05, 4.69) is 10.2 Å². The lowest BCUT2D eigenvalue weighted by Crippen LogP contribution is -2.46. The summed E-state index contributed by atoms with van der Waals surface area (Å²) in [7, 11) is 1.77. The topological polar surface area (TPSA) is 55.8 Å². The molecule has 1 aromatic rings. The van der Waals surface area contributed by atoms with E-state index in [-0.39, 0.29) is 11.7 Å². The summed E-state index contributed by atoms with van der Waals surface area (Å²) < 4.78 is 0. The summed E-state index contributed by atoms with van der Waals surface area (Å²) in [4.78, 5) is 16.2. The molecule has 2 rings (SSSR count). The quantitative estimate of drug-likeness (QED) is 0.824. The number of piperazine rings is 1. The van der Waals surface area contributed by atoms with Crippen molar-refractivity contribution in [2.45, 2.75) is 0 Å². The van der Waals surface area contributed by atoms with Crippen LogP contribution in [-0.2, 0) is 0 Å². The first-order valence-electron chi connectivity index (χ1n) is 6.65. The SMILES string of the molecule is CN(CCN1CCNCC1)C(=O)c1ccccc1O. The maximum atomic E-state index is 12.2. The van der Waals surface area contributed by atoms with Crippen molar-refractivity contribution in [3.63, 3.8) is 0 Å². The number of aromatic hydroxyl groups is 1. The Balaban J connectivity index is 1.87. The van der Waals surface area contributed by atoms with Crippen LogP contribution >= 0.6 is 0 Å². The predicted molar refractivity (Wildman–Crippen MR) is 74.4 cm³/mol. The van der Waals surface area contributed by atoms with Gasteiger partial charge >= 0.3 is 0 Å². The number of hydrogen-bond donors (Lipinski definition) is 2. The van der Waals surface area contributed by atoms with Crippen molar-refractivity contribution < 1.29 is 9.90 Å². The molecule has 0 atom stereocenters. The van der Waals surface area contributed by atoms with Crippen LogP contribution in [0.1, 0.15) is 10.4 Å². The smallest absolute Gasteiger partial charge is 0.257 e. The summed E-state index contributed by atoms with van der Waals surface area (Å²) in [6.07, 6.45) is 0. The van der Waals surface area contributed by atoms with Crippen molar-refractivity contribution >= 4 is 5.91 Å². The minimum atomic E-state index is -0.131. The number of amides is 1.